The molecule has 0 radical (unpaired) electrons. The fourth-order valence-electron chi connectivity index (χ4n) is 1.47. The summed E-state index contributed by atoms with van der Waals surface area (Å²) >= 11 is 3.28. The van der Waals surface area contributed by atoms with Crippen LogP contribution in [0.25, 0.3) is 0 Å². The lowest BCUT2D eigenvalue weighted by Gasteiger charge is -2.20. The van der Waals surface area contributed by atoms with E-state index in [1.165, 1.54) is 6.07 Å². The molecule has 2 nitrogen and oxygen atoms in total. The van der Waals surface area contributed by atoms with Gasteiger partial charge in [0.25, 0.3) is 0 Å². The first kappa shape index (κ1) is 14.6. The highest BCUT2D eigenvalue weighted by molar-refractivity contribution is 9.10. The molecule has 0 saturated carbocycles. The summed E-state index contributed by atoms with van der Waals surface area (Å²) in [6.07, 6.45) is 0. The van der Waals surface area contributed by atoms with E-state index in [4.69, 9.17) is 0 Å². The largest absolute Gasteiger partial charge is 0.311 e. The molecular formula is C13H20BrFN2. The number of hydrogen-bond acceptors (Lipinski definition) is 2. The van der Waals surface area contributed by atoms with Gasteiger partial charge in [0.2, 0.25) is 0 Å². The minimum absolute atomic E-state index is 0.142. The van der Waals surface area contributed by atoms with E-state index in [1.807, 2.05) is 6.07 Å². The van der Waals surface area contributed by atoms with Crippen LogP contribution < -0.4 is 10.6 Å². The van der Waals surface area contributed by atoms with Gasteiger partial charge in [-0.25, -0.2) is 4.39 Å². The Balaban J connectivity index is 2.27. The zero-order valence-corrected chi connectivity index (χ0v) is 12.2. The van der Waals surface area contributed by atoms with Crippen molar-refractivity contribution in [2.45, 2.75) is 32.9 Å². The smallest absolute Gasteiger partial charge is 0.124 e. The van der Waals surface area contributed by atoms with Crippen molar-refractivity contribution < 1.29 is 4.39 Å². The second kappa shape index (κ2) is 6.47. The molecule has 1 aromatic rings. The lowest BCUT2D eigenvalue weighted by Crippen LogP contribution is -2.40. The Labute approximate surface area is 111 Å². The molecule has 0 atom stereocenters. The van der Waals surface area contributed by atoms with Crippen LogP contribution in [0.15, 0.2) is 22.7 Å². The monoisotopic (exact) mass is 302 g/mol. The van der Waals surface area contributed by atoms with Crippen LogP contribution in [0.2, 0.25) is 0 Å². The van der Waals surface area contributed by atoms with Crippen LogP contribution in [-0.2, 0) is 6.54 Å². The van der Waals surface area contributed by atoms with Gasteiger partial charge < -0.3 is 10.6 Å². The third-order valence-electron chi connectivity index (χ3n) is 2.21. The minimum atomic E-state index is -0.205. The van der Waals surface area contributed by atoms with Crippen molar-refractivity contribution in [3.8, 4) is 0 Å². The molecule has 0 bridgehead atoms. The minimum Gasteiger partial charge on any atom is -0.311 e. The highest BCUT2D eigenvalue weighted by atomic mass is 79.9. The Bertz CT molecular complexity index is 341. The molecule has 17 heavy (non-hydrogen) atoms. The van der Waals surface area contributed by atoms with E-state index in [9.17, 15) is 4.39 Å². The summed E-state index contributed by atoms with van der Waals surface area (Å²) in [6.45, 7) is 8.86. The fraction of sp³-hybridized carbons (Fsp3) is 0.538. The number of halogens is 2. The molecule has 0 amide bonds. The quantitative estimate of drug-likeness (QED) is 0.817. The highest BCUT2D eigenvalue weighted by Gasteiger charge is 2.06. The zero-order valence-electron chi connectivity index (χ0n) is 10.6. The van der Waals surface area contributed by atoms with Crippen molar-refractivity contribution in [2.24, 2.45) is 0 Å². The average Bonchev–Trinajstić information content (AvgIpc) is 2.13. The lowest BCUT2D eigenvalue weighted by molar-refractivity contribution is 0.421. The van der Waals surface area contributed by atoms with Crippen molar-refractivity contribution in [3.05, 3.63) is 34.1 Å². The second-order valence-electron chi connectivity index (χ2n) is 5.13. The van der Waals surface area contributed by atoms with Crippen LogP contribution in [0, 0.1) is 5.82 Å². The summed E-state index contributed by atoms with van der Waals surface area (Å²) in [6, 6.07) is 4.94. The lowest BCUT2D eigenvalue weighted by atomic mass is 10.1. The third-order valence-corrected chi connectivity index (χ3v) is 2.67. The van der Waals surface area contributed by atoms with E-state index < -0.39 is 0 Å². The molecule has 0 fully saturated rings. The first-order valence-corrected chi connectivity index (χ1v) is 6.57. The van der Waals surface area contributed by atoms with Gasteiger partial charge in [0.15, 0.2) is 0 Å². The molecule has 4 heteroatoms. The van der Waals surface area contributed by atoms with Crippen LogP contribution in [-0.4, -0.2) is 18.6 Å². The fourth-order valence-corrected chi connectivity index (χ4v) is 1.98. The Kier molecular flexibility index (Phi) is 5.56. The predicted octanol–water partition coefficient (Wildman–Crippen LogP) is 3.07. The summed E-state index contributed by atoms with van der Waals surface area (Å²) in [5.41, 5.74) is 1.09. The standard InChI is InChI=1S/C13H20BrFN2/c1-13(2,3)17-5-4-16-9-10-6-11(14)8-12(15)7-10/h6-8,16-17H,4-5,9H2,1-3H3. The van der Waals surface area contributed by atoms with Gasteiger partial charge in [0.1, 0.15) is 5.82 Å². The van der Waals surface area contributed by atoms with Gasteiger partial charge in [-0.05, 0) is 44.5 Å². The average molecular weight is 303 g/mol. The second-order valence-corrected chi connectivity index (χ2v) is 6.05. The van der Waals surface area contributed by atoms with Crippen LogP contribution in [0.5, 0.6) is 0 Å². The Hall–Kier alpha value is -0.450. The maximum absolute atomic E-state index is 13.1. The van der Waals surface area contributed by atoms with E-state index in [2.05, 4.69) is 47.3 Å². The summed E-state index contributed by atoms with van der Waals surface area (Å²) in [5.74, 6) is -0.205. The maximum atomic E-state index is 13.1. The molecule has 2 N–H and O–H groups in total. The molecule has 1 rings (SSSR count). The van der Waals surface area contributed by atoms with E-state index in [1.54, 1.807) is 6.07 Å². The normalized spacial score (nSPS) is 11.8. The van der Waals surface area contributed by atoms with Crippen LogP contribution in [0.4, 0.5) is 4.39 Å². The van der Waals surface area contributed by atoms with Crippen LogP contribution in [0.1, 0.15) is 26.3 Å². The molecule has 1 aromatic carbocycles. The summed E-state index contributed by atoms with van der Waals surface area (Å²) in [7, 11) is 0. The van der Waals surface area contributed by atoms with Crippen LogP contribution in [0.3, 0.4) is 0 Å². The number of benzene rings is 1. The number of nitrogens with one attached hydrogen (secondary N) is 2. The van der Waals surface area contributed by atoms with Crippen molar-refractivity contribution in [1.29, 1.82) is 0 Å². The van der Waals surface area contributed by atoms with Gasteiger partial charge in [-0.3, -0.25) is 0 Å². The van der Waals surface area contributed by atoms with E-state index in [-0.39, 0.29) is 11.4 Å². The zero-order chi connectivity index (χ0) is 12.9. The van der Waals surface area contributed by atoms with Crippen molar-refractivity contribution in [2.75, 3.05) is 13.1 Å². The topological polar surface area (TPSA) is 24.1 Å². The molecule has 0 aliphatic heterocycles. The Morgan fingerprint density at radius 3 is 2.47 bits per heavy atom. The van der Waals surface area contributed by atoms with Gasteiger partial charge in [0.05, 0.1) is 0 Å². The predicted molar refractivity (Wildman–Crippen MR) is 73.6 cm³/mol. The van der Waals surface area contributed by atoms with Crippen molar-refractivity contribution in [3.63, 3.8) is 0 Å². The first-order chi connectivity index (χ1) is 7.87. The van der Waals surface area contributed by atoms with Crippen LogP contribution >= 0.6 is 15.9 Å². The molecule has 0 saturated heterocycles. The van der Waals surface area contributed by atoms with E-state index >= 15 is 0 Å². The molecule has 0 aliphatic rings. The molecular weight excluding hydrogens is 283 g/mol. The Morgan fingerprint density at radius 1 is 1.18 bits per heavy atom. The van der Waals surface area contributed by atoms with E-state index in [0.717, 1.165) is 23.1 Å². The van der Waals surface area contributed by atoms with Gasteiger partial charge in [0, 0.05) is 29.6 Å². The van der Waals surface area contributed by atoms with Gasteiger partial charge in [-0.1, -0.05) is 15.9 Å². The SMILES string of the molecule is CC(C)(C)NCCNCc1cc(F)cc(Br)c1. The number of hydrogen-bond donors (Lipinski definition) is 2. The van der Waals surface area contributed by atoms with Crippen molar-refractivity contribution in [1.82, 2.24) is 10.6 Å². The van der Waals surface area contributed by atoms with Gasteiger partial charge >= 0.3 is 0 Å². The third kappa shape index (κ3) is 6.76. The maximum Gasteiger partial charge on any atom is 0.124 e. The molecule has 0 unspecified atom stereocenters. The Morgan fingerprint density at radius 2 is 1.88 bits per heavy atom. The molecule has 0 aliphatic carbocycles. The van der Waals surface area contributed by atoms with Gasteiger partial charge in [-0.15, -0.1) is 0 Å². The first-order valence-electron chi connectivity index (χ1n) is 5.77. The molecule has 0 heterocycles. The summed E-state index contributed by atoms with van der Waals surface area (Å²) in [5, 5.41) is 6.66. The molecule has 96 valence electrons. The molecule has 0 aromatic heterocycles. The van der Waals surface area contributed by atoms with Gasteiger partial charge in [-0.2, -0.15) is 0 Å². The summed E-state index contributed by atoms with van der Waals surface area (Å²) in [4.78, 5) is 0. The molecule has 0 spiro atoms. The number of rotatable bonds is 5. The summed E-state index contributed by atoms with van der Waals surface area (Å²) < 4.78 is 13.9. The van der Waals surface area contributed by atoms with E-state index in [0.29, 0.717) is 6.54 Å². The highest BCUT2D eigenvalue weighted by Crippen LogP contribution is 2.14. The van der Waals surface area contributed by atoms with Crippen molar-refractivity contribution >= 4 is 15.9 Å².